The second kappa shape index (κ2) is 4.00. The first-order chi connectivity index (χ1) is 6.72. The second-order valence-electron chi connectivity index (χ2n) is 2.95. The summed E-state index contributed by atoms with van der Waals surface area (Å²) in [6.07, 6.45) is 2.00. The quantitative estimate of drug-likeness (QED) is 0.922. The average molecular weight is 319 g/mol. The minimum absolute atomic E-state index is 0.758. The normalized spacial score (nSPS) is 11.1. The van der Waals surface area contributed by atoms with Gasteiger partial charge >= 0.3 is 0 Å². The number of halogens is 2. The number of hydrogen-bond donors (Lipinski definition) is 1. The van der Waals surface area contributed by atoms with E-state index < -0.39 is 0 Å². The molecule has 1 N–H and O–H groups in total. The first kappa shape index (κ1) is 10.1. The Morgan fingerprint density at radius 3 is 3.00 bits per heavy atom. The lowest BCUT2D eigenvalue weighted by Gasteiger charge is -1.99. The van der Waals surface area contributed by atoms with E-state index >= 15 is 0 Å². The Kier molecular flexibility index (Phi) is 2.90. The third-order valence-corrected chi connectivity index (χ3v) is 3.05. The Balaban J connectivity index is 2.65. The summed E-state index contributed by atoms with van der Waals surface area (Å²) in [4.78, 5) is 4.42. The van der Waals surface area contributed by atoms with Crippen molar-refractivity contribution in [1.82, 2.24) is 14.7 Å². The molecular formula is C9H9Br2N3. The molecule has 2 rings (SSSR count). The van der Waals surface area contributed by atoms with E-state index in [1.165, 1.54) is 0 Å². The zero-order valence-corrected chi connectivity index (χ0v) is 10.8. The van der Waals surface area contributed by atoms with Gasteiger partial charge in [0.2, 0.25) is 0 Å². The first-order valence-corrected chi connectivity index (χ1v) is 5.77. The molecule has 3 nitrogen and oxygen atoms in total. The van der Waals surface area contributed by atoms with Crippen molar-refractivity contribution in [3.63, 3.8) is 0 Å². The van der Waals surface area contributed by atoms with Crippen molar-refractivity contribution in [2.24, 2.45) is 0 Å². The monoisotopic (exact) mass is 317 g/mol. The van der Waals surface area contributed by atoms with Crippen molar-refractivity contribution in [3.8, 4) is 0 Å². The minimum atomic E-state index is 0.758. The summed E-state index contributed by atoms with van der Waals surface area (Å²) in [5.74, 6) is 1.00. The van der Waals surface area contributed by atoms with Crippen LogP contribution in [0.1, 0.15) is 5.82 Å². The van der Waals surface area contributed by atoms with Crippen LogP contribution in [0.2, 0.25) is 0 Å². The predicted octanol–water partition coefficient (Wildman–Crippen LogP) is 2.58. The highest BCUT2D eigenvalue weighted by atomic mass is 79.9. The van der Waals surface area contributed by atoms with Crippen LogP contribution in [0.4, 0.5) is 0 Å². The van der Waals surface area contributed by atoms with Gasteiger partial charge in [-0.3, -0.25) is 0 Å². The summed E-state index contributed by atoms with van der Waals surface area (Å²) >= 11 is 6.88. The molecule has 5 heteroatoms. The standard InChI is InChI=1S/C9H9Br2N3/c1-12-5-8-13-9(11)7-4-6(10)2-3-14(7)8/h2-4,12H,5H2,1H3. The Morgan fingerprint density at radius 2 is 2.29 bits per heavy atom. The molecule has 0 aliphatic rings. The molecule has 2 aromatic heterocycles. The van der Waals surface area contributed by atoms with Crippen LogP contribution in [-0.4, -0.2) is 16.4 Å². The van der Waals surface area contributed by atoms with Crippen LogP contribution >= 0.6 is 31.9 Å². The van der Waals surface area contributed by atoms with E-state index in [9.17, 15) is 0 Å². The largest absolute Gasteiger partial charge is 0.313 e. The molecule has 2 aromatic rings. The van der Waals surface area contributed by atoms with Crippen molar-refractivity contribution in [1.29, 1.82) is 0 Å². The highest BCUT2D eigenvalue weighted by Crippen LogP contribution is 2.22. The Bertz CT molecular complexity index is 464. The summed E-state index contributed by atoms with van der Waals surface area (Å²) < 4.78 is 4.00. The van der Waals surface area contributed by atoms with E-state index in [0.717, 1.165) is 27.0 Å². The molecular weight excluding hydrogens is 310 g/mol. The molecule has 0 aliphatic heterocycles. The maximum atomic E-state index is 4.42. The molecule has 0 unspecified atom stereocenters. The number of nitrogens with one attached hydrogen (secondary N) is 1. The van der Waals surface area contributed by atoms with Gasteiger partial charge in [0.1, 0.15) is 10.4 Å². The SMILES string of the molecule is CNCc1nc(Br)c2cc(Br)ccn12. The molecule has 0 radical (unpaired) electrons. The summed E-state index contributed by atoms with van der Waals surface area (Å²) in [6.45, 7) is 0.758. The van der Waals surface area contributed by atoms with E-state index in [1.54, 1.807) is 0 Å². The van der Waals surface area contributed by atoms with E-state index in [1.807, 2.05) is 25.4 Å². The second-order valence-corrected chi connectivity index (χ2v) is 4.62. The van der Waals surface area contributed by atoms with Gasteiger partial charge in [0.05, 0.1) is 12.1 Å². The third kappa shape index (κ3) is 1.71. The number of fused-ring (bicyclic) bond motifs is 1. The summed E-state index contributed by atoms with van der Waals surface area (Å²) in [6, 6.07) is 4.04. The molecule has 0 atom stereocenters. The van der Waals surface area contributed by atoms with Crippen molar-refractivity contribution in [2.45, 2.75) is 6.54 Å². The highest BCUT2D eigenvalue weighted by molar-refractivity contribution is 9.11. The molecule has 0 saturated carbocycles. The Morgan fingerprint density at radius 1 is 1.50 bits per heavy atom. The van der Waals surface area contributed by atoms with Crippen LogP contribution in [0.5, 0.6) is 0 Å². The van der Waals surface area contributed by atoms with Gasteiger partial charge in [-0.25, -0.2) is 4.98 Å². The zero-order chi connectivity index (χ0) is 10.1. The average Bonchev–Trinajstić information content (AvgIpc) is 2.44. The summed E-state index contributed by atoms with van der Waals surface area (Å²) in [7, 11) is 1.91. The van der Waals surface area contributed by atoms with Gasteiger partial charge in [-0.05, 0) is 35.1 Å². The molecule has 0 aliphatic carbocycles. The predicted molar refractivity (Wildman–Crippen MR) is 63.4 cm³/mol. The van der Waals surface area contributed by atoms with Crippen LogP contribution in [0.3, 0.4) is 0 Å². The number of pyridine rings is 1. The van der Waals surface area contributed by atoms with Crippen LogP contribution in [0.15, 0.2) is 27.4 Å². The molecule has 0 fully saturated rings. The number of hydrogen-bond acceptors (Lipinski definition) is 2. The fourth-order valence-corrected chi connectivity index (χ4v) is 2.21. The Labute approximate surface area is 98.8 Å². The lowest BCUT2D eigenvalue weighted by molar-refractivity contribution is 0.754. The van der Waals surface area contributed by atoms with E-state index in [0.29, 0.717) is 0 Å². The number of aromatic nitrogens is 2. The van der Waals surface area contributed by atoms with Gasteiger partial charge < -0.3 is 9.72 Å². The van der Waals surface area contributed by atoms with Gasteiger partial charge in [-0.1, -0.05) is 15.9 Å². The van der Waals surface area contributed by atoms with Crippen LogP contribution < -0.4 is 5.32 Å². The molecule has 74 valence electrons. The third-order valence-electron chi connectivity index (χ3n) is 1.97. The Hall–Kier alpha value is -0.390. The maximum Gasteiger partial charge on any atom is 0.132 e. The van der Waals surface area contributed by atoms with Gasteiger partial charge in [0, 0.05) is 10.7 Å². The maximum absolute atomic E-state index is 4.42. The number of nitrogens with zero attached hydrogens (tertiary/aromatic N) is 2. The topological polar surface area (TPSA) is 29.3 Å². The molecule has 2 heterocycles. The summed E-state index contributed by atoms with van der Waals surface area (Å²) in [5.41, 5.74) is 1.07. The lowest BCUT2D eigenvalue weighted by Crippen LogP contribution is -2.08. The first-order valence-electron chi connectivity index (χ1n) is 4.19. The van der Waals surface area contributed by atoms with Crippen molar-refractivity contribution in [3.05, 3.63) is 33.2 Å². The fraction of sp³-hybridized carbons (Fsp3) is 0.222. The van der Waals surface area contributed by atoms with Gasteiger partial charge in [0.25, 0.3) is 0 Å². The minimum Gasteiger partial charge on any atom is -0.313 e. The molecule has 0 aromatic carbocycles. The van der Waals surface area contributed by atoms with E-state index in [2.05, 4.69) is 46.6 Å². The number of imidazole rings is 1. The van der Waals surface area contributed by atoms with Crippen molar-refractivity contribution >= 4 is 37.4 Å². The highest BCUT2D eigenvalue weighted by Gasteiger charge is 2.07. The van der Waals surface area contributed by atoms with Crippen molar-refractivity contribution in [2.75, 3.05) is 7.05 Å². The van der Waals surface area contributed by atoms with Gasteiger partial charge in [-0.2, -0.15) is 0 Å². The molecule has 14 heavy (non-hydrogen) atoms. The number of rotatable bonds is 2. The molecule has 0 amide bonds. The van der Waals surface area contributed by atoms with Crippen molar-refractivity contribution < 1.29 is 0 Å². The van der Waals surface area contributed by atoms with Crippen LogP contribution in [0, 0.1) is 0 Å². The lowest BCUT2D eigenvalue weighted by atomic mass is 10.4. The molecule has 0 saturated heterocycles. The molecule has 0 bridgehead atoms. The van der Waals surface area contributed by atoms with Gasteiger partial charge in [0.15, 0.2) is 0 Å². The van der Waals surface area contributed by atoms with Gasteiger partial charge in [-0.15, -0.1) is 0 Å². The smallest absolute Gasteiger partial charge is 0.132 e. The van der Waals surface area contributed by atoms with Crippen LogP contribution in [0.25, 0.3) is 5.52 Å². The van der Waals surface area contributed by atoms with E-state index in [4.69, 9.17) is 0 Å². The fourth-order valence-electron chi connectivity index (χ4n) is 1.37. The summed E-state index contributed by atoms with van der Waals surface area (Å²) in [5, 5.41) is 3.09. The van der Waals surface area contributed by atoms with E-state index in [-0.39, 0.29) is 0 Å². The molecule has 0 spiro atoms. The van der Waals surface area contributed by atoms with Crippen LogP contribution in [-0.2, 0) is 6.54 Å². The zero-order valence-electron chi connectivity index (χ0n) is 7.59.